The highest BCUT2D eigenvalue weighted by Gasteiger charge is 2.25. The van der Waals surface area contributed by atoms with Gasteiger partial charge in [0.25, 0.3) is 5.89 Å². The molecule has 0 bridgehead atoms. The standard InChI is InChI=1S/C17H21N5O2/c1-13-9-18-22(10-13)11-14-5-2-3-7-21(14)12-16-19-20-17(24-16)15-6-4-8-23-15/h4,6,8-10,14H,2-3,5,7,11-12H2,1H3/t14-/m1/s1. The van der Waals surface area contributed by atoms with Crippen molar-refractivity contribution >= 4 is 0 Å². The molecule has 4 rings (SSSR count). The van der Waals surface area contributed by atoms with E-state index in [0.29, 0.717) is 30.1 Å². The van der Waals surface area contributed by atoms with Crippen LogP contribution in [0.15, 0.2) is 39.6 Å². The van der Waals surface area contributed by atoms with Gasteiger partial charge in [-0.25, -0.2) is 0 Å². The molecule has 0 saturated carbocycles. The highest BCUT2D eigenvalue weighted by molar-refractivity contribution is 5.42. The number of likely N-dealkylation sites (tertiary alicyclic amines) is 1. The maximum atomic E-state index is 5.75. The molecule has 3 aromatic heterocycles. The second-order valence-corrected chi connectivity index (χ2v) is 6.34. The van der Waals surface area contributed by atoms with Gasteiger partial charge in [0.2, 0.25) is 5.89 Å². The summed E-state index contributed by atoms with van der Waals surface area (Å²) >= 11 is 0. The molecule has 3 aromatic rings. The number of hydrogen-bond donors (Lipinski definition) is 0. The van der Waals surface area contributed by atoms with Crippen molar-refractivity contribution in [1.82, 2.24) is 24.9 Å². The molecule has 4 heterocycles. The van der Waals surface area contributed by atoms with Crippen LogP contribution in [0.4, 0.5) is 0 Å². The number of rotatable bonds is 5. The van der Waals surface area contributed by atoms with Gasteiger partial charge in [-0.15, -0.1) is 10.2 Å². The van der Waals surface area contributed by atoms with Crippen molar-refractivity contribution in [1.29, 1.82) is 0 Å². The van der Waals surface area contributed by atoms with Crippen LogP contribution in [0, 0.1) is 6.92 Å². The highest BCUT2D eigenvalue weighted by atomic mass is 16.4. The third-order valence-electron chi connectivity index (χ3n) is 4.45. The Morgan fingerprint density at radius 2 is 2.25 bits per heavy atom. The van der Waals surface area contributed by atoms with Crippen LogP contribution in [0.3, 0.4) is 0 Å². The molecule has 0 spiro atoms. The van der Waals surface area contributed by atoms with Gasteiger partial charge in [0, 0.05) is 12.2 Å². The Balaban J connectivity index is 1.45. The Hall–Kier alpha value is -2.41. The second-order valence-electron chi connectivity index (χ2n) is 6.34. The van der Waals surface area contributed by atoms with E-state index < -0.39 is 0 Å². The summed E-state index contributed by atoms with van der Waals surface area (Å²) in [5.74, 6) is 1.67. The minimum Gasteiger partial charge on any atom is -0.459 e. The van der Waals surface area contributed by atoms with Crippen molar-refractivity contribution < 1.29 is 8.83 Å². The normalized spacial score (nSPS) is 19.0. The molecule has 0 radical (unpaired) electrons. The number of nitrogens with zero attached hydrogens (tertiary/aromatic N) is 5. The minimum atomic E-state index is 0.436. The van der Waals surface area contributed by atoms with Gasteiger partial charge < -0.3 is 8.83 Å². The maximum Gasteiger partial charge on any atom is 0.283 e. The van der Waals surface area contributed by atoms with E-state index in [1.807, 2.05) is 23.0 Å². The largest absolute Gasteiger partial charge is 0.459 e. The van der Waals surface area contributed by atoms with Crippen LogP contribution in [-0.2, 0) is 13.1 Å². The van der Waals surface area contributed by atoms with Crippen LogP contribution in [0.5, 0.6) is 0 Å². The van der Waals surface area contributed by atoms with Crippen LogP contribution in [0.25, 0.3) is 11.7 Å². The zero-order valence-electron chi connectivity index (χ0n) is 13.8. The van der Waals surface area contributed by atoms with E-state index in [-0.39, 0.29) is 0 Å². The molecule has 0 unspecified atom stereocenters. The van der Waals surface area contributed by atoms with E-state index in [1.165, 1.54) is 18.4 Å². The smallest absolute Gasteiger partial charge is 0.283 e. The van der Waals surface area contributed by atoms with Gasteiger partial charge in [0.1, 0.15) is 0 Å². The summed E-state index contributed by atoms with van der Waals surface area (Å²) in [4.78, 5) is 2.42. The molecule has 1 saturated heterocycles. The number of furan rings is 1. The average molecular weight is 327 g/mol. The number of aryl methyl sites for hydroxylation is 1. The first-order chi connectivity index (χ1) is 11.8. The first-order valence-corrected chi connectivity index (χ1v) is 8.37. The molecule has 1 atom stereocenters. The number of aromatic nitrogens is 4. The van der Waals surface area contributed by atoms with Gasteiger partial charge in [-0.2, -0.15) is 5.10 Å². The van der Waals surface area contributed by atoms with Crippen molar-refractivity contribution in [3.05, 3.63) is 42.2 Å². The number of piperidine rings is 1. The Morgan fingerprint density at radius 3 is 3.04 bits per heavy atom. The summed E-state index contributed by atoms with van der Waals surface area (Å²) in [6.45, 7) is 4.67. The van der Waals surface area contributed by atoms with Crippen molar-refractivity contribution in [2.75, 3.05) is 6.54 Å². The van der Waals surface area contributed by atoms with E-state index in [1.54, 1.807) is 6.26 Å². The van der Waals surface area contributed by atoms with Crippen molar-refractivity contribution in [3.63, 3.8) is 0 Å². The lowest BCUT2D eigenvalue weighted by Gasteiger charge is -2.34. The molecule has 126 valence electrons. The van der Waals surface area contributed by atoms with Gasteiger partial charge in [0.15, 0.2) is 5.76 Å². The van der Waals surface area contributed by atoms with Gasteiger partial charge in [0.05, 0.1) is 25.5 Å². The fourth-order valence-corrected chi connectivity index (χ4v) is 3.25. The first kappa shape index (κ1) is 15.1. The SMILES string of the molecule is Cc1cnn(C[C@H]2CCCCN2Cc2nnc(-c3ccco3)o2)c1. The van der Waals surface area contributed by atoms with Crippen LogP contribution >= 0.6 is 0 Å². The monoisotopic (exact) mass is 327 g/mol. The summed E-state index contributed by atoms with van der Waals surface area (Å²) in [6.07, 6.45) is 9.22. The fourth-order valence-electron chi connectivity index (χ4n) is 3.25. The lowest BCUT2D eigenvalue weighted by Crippen LogP contribution is -2.41. The fraction of sp³-hybridized carbons (Fsp3) is 0.471. The summed E-state index contributed by atoms with van der Waals surface area (Å²) in [5, 5.41) is 12.7. The molecule has 0 amide bonds. The van der Waals surface area contributed by atoms with E-state index in [0.717, 1.165) is 19.5 Å². The van der Waals surface area contributed by atoms with Gasteiger partial charge in [-0.3, -0.25) is 9.58 Å². The van der Waals surface area contributed by atoms with Gasteiger partial charge in [-0.05, 0) is 44.0 Å². The second kappa shape index (κ2) is 6.60. The molecule has 7 heteroatoms. The van der Waals surface area contributed by atoms with Crippen LogP contribution in [-0.4, -0.2) is 37.5 Å². The van der Waals surface area contributed by atoms with E-state index in [2.05, 4.69) is 33.3 Å². The van der Waals surface area contributed by atoms with Crippen LogP contribution < -0.4 is 0 Å². The minimum absolute atomic E-state index is 0.436. The Bertz CT molecular complexity index is 777. The zero-order chi connectivity index (χ0) is 16.4. The Kier molecular flexibility index (Phi) is 4.17. The summed E-state index contributed by atoms with van der Waals surface area (Å²) in [6, 6.07) is 4.07. The topological polar surface area (TPSA) is 73.1 Å². The highest BCUT2D eigenvalue weighted by Crippen LogP contribution is 2.23. The molecule has 24 heavy (non-hydrogen) atoms. The van der Waals surface area contributed by atoms with Crippen molar-refractivity contribution in [2.24, 2.45) is 0 Å². The van der Waals surface area contributed by atoms with Crippen molar-refractivity contribution in [2.45, 2.75) is 45.3 Å². The summed E-state index contributed by atoms with van der Waals surface area (Å²) in [7, 11) is 0. The van der Waals surface area contributed by atoms with Gasteiger partial charge >= 0.3 is 0 Å². The average Bonchev–Trinajstić information content (AvgIpc) is 3.31. The zero-order valence-corrected chi connectivity index (χ0v) is 13.8. The lowest BCUT2D eigenvalue weighted by atomic mass is 10.0. The third kappa shape index (κ3) is 3.26. The van der Waals surface area contributed by atoms with Crippen molar-refractivity contribution in [3.8, 4) is 11.7 Å². The van der Waals surface area contributed by atoms with E-state index in [4.69, 9.17) is 8.83 Å². The molecular weight excluding hydrogens is 306 g/mol. The number of hydrogen-bond acceptors (Lipinski definition) is 6. The quantitative estimate of drug-likeness (QED) is 0.717. The molecule has 1 aliphatic rings. The molecule has 7 nitrogen and oxygen atoms in total. The molecule has 1 aliphatic heterocycles. The predicted molar refractivity (Wildman–Crippen MR) is 87.0 cm³/mol. The molecule has 0 aliphatic carbocycles. The Labute approximate surface area is 140 Å². The molecule has 1 fully saturated rings. The third-order valence-corrected chi connectivity index (χ3v) is 4.45. The van der Waals surface area contributed by atoms with Gasteiger partial charge in [-0.1, -0.05) is 6.42 Å². The first-order valence-electron chi connectivity index (χ1n) is 8.37. The van der Waals surface area contributed by atoms with Crippen LogP contribution in [0.2, 0.25) is 0 Å². The summed E-state index contributed by atoms with van der Waals surface area (Å²) in [5.41, 5.74) is 1.19. The van der Waals surface area contributed by atoms with E-state index >= 15 is 0 Å². The summed E-state index contributed by atoms with van der Waals surface area (Å²) < 4.78 is 13.1. The molecular formula is C17H21N5O2. The Morgan fingerprint density at radius 1 is 1.29 bits per heavy atom. The molecule has 0 aromatic carbocycles. The molecule has 0 N–H and O–H groups in total. The predicted octanol–water partition coefficient (Wildman–Crippen LogP) is 2.89. The van der Waals surface area contributed by atoms with Crippen LogP contribution in [0.1, 0.15) is 30.7 Å². The maximum absolute atomic E-state index is 5.75. The lowest BCUT2D eigenvalue weighted by molar-refractivity contribution is 0.111. The van der Waals surface area contributed by atoms with E-state index in [9.17, 15) is 0 Å².